The second-order valence-corrected chi connectivity index (χ2v) is 23.6. The topological polar surface area (TPSA) is 237 Å². The van der Waals surface area contributed by atoms with Gasteiger partial charge in [-0.05, 0) is 51.4 Å². The summed E-state index contributed by atoms with van der Waals surface area (Å²) in [5.74, 6) is -2.19. The van der Waals surface area contributed by atoms with Crippen molar-refractivity contribution in [3.63, 3.8) is 0 Å². The zero-order valence-electron chi connectivity index (χ0n) is 49.1. The fourth-order valence-corrected chi connectivity index (χ4v) is 9.79. The van der Waals surface area contributed by atoms with Gasteiger partial charge in [-0.25, -0.2) is 9.13 Å². The van der Waals surface area contributed by atoms with Crippen LogP contribution in [-0.2, 0) is 65.4 Å². The third-order valence-electron chi connectivity index (χ3n) is 13.0. The van der Waals surface area contributed by atoms with Gasteiger partial charge in [-0.3, -0.25) is 37.3 Å². The van der Waals surface area contributed by atoms with Crippen LogP contribution in [0.2, 0.25) is 0 Å². The van der Waals surface area contributed by atoms with E-state index in [2.05, 4.69) is 52.0 Å². The maximum Gasteiger partial charge on any atom is 0.472 e. The average Bonchev–Trinajstić information content (AvgIpc) is 3.41. The summed E-state index contributed by atoms with van der Waals surface area (Å²) in [6, 6.07) is 0. The highest BCUT2D eigenvalue weighted by Crippen LogP contribution is 2.45. The van der Waals surface area contributed by atoms with Crippen LogP contribution in [0, 0.1) is 0 Å². The number of carbonyl (C=O) groups is 4. The third-order valence-corrected chi connectivity index (χ3v) is 14.9. The van der Waals surface area contributed by atoms with Crippen LogP contribution in [0.4, 0.5) is 0 Å². The summed E-state index contributed by atoms with van der Waals surface area (Å²) in [4.78, 5) is 71.4. The van der Waals surface area contributed by atoms with E-state index in [1.165, 1.54) is 83.5 Å². The van der Waals surface area contributed by atoms with Crippen LogP contribution in [0.5, 0.6) is 0 Å². The third kappa shape index (κ3) is 52.9. The van der Waals surface area contributed by atoms with Gasteiger partial charge in [0.1, 0.15) is 19.3 Å². The van der Waals surface area contributed by atoms with Crippen LogP contribution in [0.25, 0.3) is 0 Å². The average molecular weight is 1150 g/mol. The Balaban J connectivity index is 5.17. The van der Waals surface area contributed by atoms with Crippen LogP contribution in [0.1, 0.15) is 272 Å². The fraction of sp³-hybridized carbons (Fsp3) is 0.864. The number of allylic oxidation sites excluding steroid dienone is 4. The molecule has 0 aromatic rings. The standard InChI is InChI=1S/C59H110O17P2/c1-5-9-13-17-19-21-23-25-26-28-30-32-34-38-42-46-59(64)76-55(50-70-57(62)44-40-37-33-31-29-27-24-22-20-18-14-10-6-2)52-74-78(67,68)72-48-53(60)47-71-77(65,66)73-51-54(75-58(63)45-41-36-16-12-8-4)49-69-56(61)43-39-35-15-11-7-3/h21,23,25-26,53-55,60H,5-20,22,24,27-52H2,1-4H3,(H,65,66)(H,67,68)/b23-21-,26-25-/t53-,54+,55+/m0/s1. The lowest BCUT2D eigenvalue weighted by Crippen LogP contribution is -2.30. The summed E-state index contributed by atoms with van der Waals surface area (Å²) in [5, 5.41) is 10.5. The number of carbonyl (C=O) groups excluding carboxylic acids is 4. The largest absolute Gasteiger partial charge is 0.472 e. The molecule has 0 fully saturated rings. The first-order valence-electron chi connectivity index (χ1n) is 30.6. The minimum atomic E-state index is -4.94. The predicted molar refractivity (Wildman–Crippen MR) is 308 cm³/mol. The van der Waals surface area contributed by atoms with Gasteiger partial charge >= 0.3 is 39.5 Å². The van der Waals surface area contributed by atoms with Gasteiger partial charge in [-0.1, -0.05) is 219 Å². The van der Waals surface area contributed by atoms with Gasteiger partial charge in [-0.15, -0.1) is 0 Å². The van der Waals surface area contributed by atoms with E-state index in [4.69, 9.17) is 37.0 Å². The number of aliphatic hydroxyl groups is 1. The lowest BCUT2D eigenvalue weighted by molar-refractivity contribution is -0.161. The Bertz CT molecular complexity index is 1610. The first kappa shape index (κ1) is 75.5. The fourth-order valence-electron chi connectivity index (χ4n) is 8.21. The number of phosphoric ester groups is 2. The van der Waals surface area contributed by atoms with Crippen molar-refractivity contribution in [3.8, 4) is 0 Å². The minimum absolute atomic E-state index is 0.0853. The van der Waals surface area contributed by atoms with Crippen molar-refractivity contribution in [2.75, 3.05) is 39.6 Å². The molecule has 0 bridgehead atoms. The smallest absolute Gasteiger partial charge is 0.462 e. The van der Waals surface area contributed by atoms with E-state index < -0.39 is 97.5 Å². The van der Waals surface area contributed by atoms with Gasteiger partial charge in [0.25, 0.3) is 0 Å². The molecule has 0 saturated heterocycles. The molecule has 0 aliphatic heterocycles. The summed E-state index contributed by atoms with van der Waals surface area (Å²) in [5.41, 5.74) is 0. The zero-order valence-corrected chi connectivity index (χ0v) is 50.9. The number of aliphatic hydroxyl groups excluding tert-OH is 1. The van der Waals surface area contributed by atoms with Gasteiger partial charge in [0, 0.05) is 25.7 Å². The quantitative estimate of drug-likeness (QED) is 0.0169. The monoisotopic (exact) mass is 1150 g/mol. The second kappa shape index (κ2) is 53.8. The number of hydrogen-bond donors (Lipinski definition) is 3. The first-order valence-corrected chi connectivity index (χ1v) is 33.6. The minimum Gasteiger partial charge on any atom is -0.462 e. The van der Waals surface area contributed by atoms with Crippen molar-refractivity contribution < 1.29 is 80.2 Å². The van der Waals surface area contributed by atoms with E-state index in [9.17, 15) is 43.2 Å². The Morgan fingerprint density at radius 2 is 0.615 bits per heavy atom. The molecular formula is C59H110O17P2. The molecule has 0 radical (unpaired) electrons. The molecule has 5 atom stereocenters. The summed E-state index contributed by atoms with van der Waals surface area (Å²) in [7, 11) is -9.87. The van der Waals surface area contributed by atoms with E-state index in [-0.39, 0.29) is 25.7 Å². The lowest BCUT2D eigenvalue weighted by atomic mass is 10.0. The van der Waals surface area contributed by atoms with Crippen LogP contribution in [-0.4, -0.2) is 96.7 Å². The van der Waals surface area contributed by atoms with E-state index >= 15 is 0 Å². The summed E-state index contributed by atoms with van der Waals surface area (Å²) < 4.78 is 67.3. The number of rotatable bonds is 58. The van der Waals surface area contributed by atoms with Crippen molar-refractivity contribution in [1.82, 2.24) is 0 Å². The summed E-state index contributed by atoms with van der Waals surface area (Å²) >= 11 is 0. The molecule has 3 N–H and O–H groups in total. The molecule has 2 unspecified atom stereocenters. The van der Waals surface area contributed by atoms with Crippen molar-refractivity contribution in [2.24, 2.45) is 0 Å². The van der Waals surface area contributed by atoms with Crippen molar-refractivity contribution in [1.29, 1.82) is 0 Å². The van der Waals surface area contributed by atoms with Gasteiger partial charge in [0.2, 0.25) is 0 Å². The molecule has 78 heavy (non-hydrogen) atoms. The highest BCUT2D eigenvalue weighted by atomic mass is 31.2. The summed E-state index contributed by atoms with van der Waals surface area (Å²) in [6.45, 7) is 4.61. The van der Waals surface area contributed by atoms with E-state index in [0.29, 0.717) is 25.7 Å². The number of ether oxygens (including phenoxy) is 4. The predicted octanol–water partition coefficient (Wildman–Crippen LogP) is 15.5. The SMILES string of the molecule is CCCCCC/C=C\C=C/CCCCCCCC(=O)O[C@H](COC(=O)CCCCCCCCCCCCCCC)COP(=O)(O)OC[C@@H](O)COP(=O)(O)OC[C@@H](COC(=O)CCCCCCC)OC(=O)CCCCCCC. The molecule has 19 heteroatoms. The molecule has 0 aromatic carbocycles. The number of unbranched alkanes of at least 4 members (excludes halogenated alkanes) is 29. The summed E-state index contributed by atoms with van der Waals surface area (Å²) in [6.07, 6.45) is 40.5. The Labute approximate surface area is 472 Å². The van der Waals surface area contributed by atoms with Gasteiger partial charge in [0.05, 0.1) is 26.4 Å². The van der Waals surface area contributed by atoms with Gasteiger partial charge in [0.15, 0.2) is 12.2 Å². The molecule has 0 aliphatic rings. The molecule has 0 saturated carbocycles. The molecular weight excluding hydrogens is 1040 g/mol. The van der Waals surface area contributed by atoms with Crippen molar-refractivity contribution in [3.05, 3.63) is 24.3 Å². The van der Waals surface area contributed by atoms with Crippen LogP contribution in [0.15, 0.2) is 24.3 Å². The van der Waals surface area contributed by atoms with Gasteiger partial charge in [-0.2, -0.15) is 0 Å². The number of esters is 4. The zero-order chi connectivity index (χ0) is 57.6. The second-order valence-electron chi connectivity index (χ2n) is 20.7. The normalized spacial score (nSPS) is 14.5. The molecule has 458 valence electrons. The van der Waals surface area contributed by atoms with Gasteiger partial charge < -0.3 is 33.8 Å². The molecule has 0 rings (SSSR count). The van der Waals surface area contributed by atoms with Crippen LogP contribution >= 0.6 is 15.6 Å². The number of hydrogen-bond acceptors (Lipinski definition) is 15. The maximum atomic E-state index is 12.9. The number of phosphoric acid groups is 2. The molecule has 0 aromatic heterocycles. The van der Waals surface area contributed by atoms with Crippen molar-refractivity contribution >= 4 is 39.5 Å². The Morgan fingerprint density at radius 1 is 0.359 bits per heavy atom. The Kier molecular flexibility index (Phi) is 52.1. The molecule has 0 amide bonds. The molecule has 17 nitrogen and oxygen atoms in total. The molecule has 0 spiro atoms. The molecule has 0 heterocycles. The maximum absolute atomic E-state index is 12.9. The lowest BCUT2D eigenvalue weighted by Gasteiger charge is -2.21. The van der Waals surface area contributed by atoms with E-state index in [0.717, 1.165) is 109 Å². The first-order chi connectivity index (χ1) is 37.7. The van der Waals surface area contributed by atoms with Crippen molar-refractivity contribution in [2.45, 2.75) is 290 Å². The molecule has 0 aliphatic carbocycles. The Morgan fingerprint density at radius 3 is 0.936 bits per heavy atom. The van der Waals surface area contributed by atoms with Crippen LogP contribution in [0.3, 0.4) is 0 Å². The van der Waals surface area contributed by atoms with E-state index in [1.807, 2.05) is 0 Å². The highest BCUT2D eigenvalue weighted by molar-refractivity contribution is 7.47. The Hall–Kier alpha value is -2.46. The van der Waals surface area contributed by atoms with Crippen LogP contribution < -0.4 is 0 Å². The highest BCUT2D eigenvalue weighted by Gasteiger charge is 2.30. The van der Waals surface area contributed by atoms with E-state index in [1.54, 1.807) is 0 Å².